The van der Waals surface area contributed by atoms with Gasteiger partial charge in [-0.2, -0.15) is 4.98 Å². The number of rotatable bonds is 2. The molecule has 2 heterocycles. The molecule has 0 saturated carbocycles. The molecular weight excluding hydrogens is 262 g/mol. The Bertz CT molecular complexity index is 574. The van der Waals surface area contributed by atoms with Gasteiger partial charge in [0.2, 0.25) is 5.95 Å². The van der Waals surface area contributed by atoms with Crippen LogP contribution in [0.1, 0.15) is 5.56 Å². The Balaban J connectivity index is 1.87. The van der Waals surface area contributed by atoms with Gasteiger partial charge in [-0.05, 0) is 24.6 Å². The van der Waals surface area contributed by atoms with Crippen LogP contribution in [0.25, 0.3) is 11.4 Å². The van der Waals surface area contributed by atoms with Crippen molar-refractivity contribution < 1.29 is 0 Å². The van der Waals surface area contributed by atoms with E-state index in [4.69, 9.17) is 11.6 Å². The van der Waals surface area contributed by atoms with Crippen molar-refractivity contribution in [3.8, 4) is 11.4 Å². The predicted octanol–water partition coefficient (Wildman–Crippen LogP) is 1.84. The third-order valence-corrected chi connectivity index (χ3v) is 3.57. The Labute approximate surface area is 117 Å². The number of aromatic amines is 1. The molecule has 100 valence electrons. The average molecular weight is 278 g/mol. The Morgan fingerprint density at radius 1 is 1.26 bits per heavy atom. The number of hydrogen-bond acceptors (Lipinski definition) is 4. The van der Waals surface area contributed by atoms with Crippen molar-refractivity contribution in [3.63, 3.8) is 0 Å². The van der Waals surface area contributed by atoms with E-state index in [0.717, 1.165) is 49.1 Å². The molecule has 1 aromatic heterocycles. The summed E-state index contributed by atoms with van der Waals surface area (Å²) in [6.07, 6.45) is 0. The van der Waals surface area contributed by atoms with Crippen molar-refractivity contribution >= 4 is 17.5 Å². The van der Waals surface area contributed by atoms with Crippen LogP contribution in [-0.4, -0.2) is 41.4 Å². The second kappa shape index (κ2) is 5.19. The van der Waals surface area contributed by atoms with Crippen LogP contribution < -0.4 is 10.2 Å². The lowest BCUT2D eigenvalue weighted by atomic mass is 10.1. The van der Waals surface area contributed by atoms with E-state index in [9.17, 15) is 0 Å². The van der Waals surface area contributed by atoms with E-state index in [1.165, 1.54) is 0 Å². The zero-order valence-corrected chi connectivity index (χ0v) is 11.5. The van der Waals surface area contributed by atoms with Crippen LogP contribution in [0.15, 0.2) is 18.2 Å². The molecule has 0 atom stereocenters. The minimum Gasteiger partial charge on any atom is -0.337 e. The summed E-state index contributed by atoms with van der Waals surface area (Å²) >= 11 is 6.25. The number of anilines is 1. The number of hydrogen-bond donors (Lipinski definition) is 2. The van der Waals surface area contributed by atoms with Crippen molar-refractivity contribution in [1.29, 1.82) is 0 Å². The van der Waals surface area contributed by atoms with Crippen LogP contribution in [-0.2, 0) is 0 Å². The first-order valence-electron chi connectivity index (χ1n) is 6.38. The van der Waals surface area contributed by atoms with Crippen LogP contribution in [0.5, 0.6) is 0 Å². The van der Waals surface area contributed by atoms with Gasteiger partial charge in [0.1, 0.15) is 0 Å². The van der Waals surface area contributed by atoms with Crippen LogP contribution in [0, 0.1) is 6.92 Å². The first-order valence-corrected chi connectivity index (χ1v) is 6.76. The van der Waals surface area contributed by atoms with Gasteiger partial charge in [0.25, 0.3) is 0 Å². The topological polar surface area (TPSA) is 56.8 Å². The number of halogens is 1. The molecule has 0 unspecified atom stereocenters. The number of H-pyrrole nitrogens is 1. The second-order valence-electron chi connectivity index (χ2n) is 4.70. The summed E-state index contributed by atoms with van der Waals surface area (Å²) in [6, 6.07) is 5.93. The summed E-state index contributed by atoms with van der Waals surface area (Å²) in [6.45, 7) is 5.81. The molecular formula is C13H16ClN5. The maximum Gasteiger partial charge on any atom is 0.245 e. The van der Waals surface area contributed by atoms with Gasteiger partial charge in [-0.1, -0.05) is 17.7 Å². The van der Waals surface area contributed by atoms with Crippen molar-refractivity contribution in [2.24, 2.45) is 0 Å². The molecule has 0 bridgehead atoms. The zero-order valence-electron chi connectivity index (χ0n) is 10.8. The van der Waals surface area contributed by atoms with E-state index in [2.05, 4.69) is 25.4 Å². The molecule has 1 aliphatic heterocycles. The Morgan fingerprint density at radius 2 is 2.05 bits per heavy atom. The molecule has 5 nitrogen and oxygen atoms in total. The highest BCUT2D eigenvalue weighted by atomic mass is 35.5. The van der Waals surface area contributed by atoms with E-state index in [-0.39, 0.29) is 0 Å². The van der Waals surface area contributed by atoms with E-state index in [0.29, 0.717) is 5.02 Å². The van der Waals surface area contributed by atoms with Gasteiger partial charge < -0.3 is 10.2 Å². The molecule has 3 rings (SSSR count). The first-order chi connectivity index (χ1) is 9.24. The third kappa shape index (κ3) is 2.57. The Morgan fingerprint density at radius 3 is 2.79 bits per heavy atom. The standard InChI is InChI=1S/C13H16ClN5/c1-9-2-3-10(11(14)8-9)12-16-13(18-17-12)19-6-4-15-5-7-19/h2-3,8,15H,4-7H2,1H3,(H,16,17,18). The van der Waals surface area contributed by atoms with E-state index >= 15 is 0 Å². The van der Waals surface area contributed by atoms with Gasteiger partial charge in [-0.15, -0.1) is 5.10 Å². The van der Waals surface area contributed by atoms with Crippen molar-refractivity contribution in [1.82, 2.24) is 20.5 Å². The monoisotopic (exact) mass is 277 g/mol. The molecule has 1 saturated heterocycles. The van der Waals surface area contributed by atoms with Gasteiger partial charge >= 0.3 is 0 Å². The number of nitrogens with zero attached hydrogens (tertiary/aromatic N) is 3. The molecule has 0 radical (unpaired) electrons. The minimum absolute atomic E-state index is 0.697. The summed E-state index contributed by atoms with van der Waals surface area (Å²) in [5, 5.41) is 11.3. The maximum absolute atomic E-state index is 6.25. The molecule has 2 aromatic rings. The van der Waals surface area contributed by atoms with Gasteiger partial charge in [-0.25, -0.2) is 0 Å². The van der Waals surface area contributed by atoms with Crippen molar-refractivity contribution in [3.05, 3.63) is 28.8 Å². The maximum atomic E-state index is 6.25. The second-order valence-corrected chi connectivity index (χ2v) is 5.11. The average Bonchev–Trinajstić information content (AvgIpc) is 2.89. The summed E-state index contributed by atoms with van der Waals surface area (Å²) in [7, 11) is 0. The van der Waals surface area contributed by atoms with Crippen LogP contribution in [0.3, 0.4) is 0 Å². The normalized spacial score (nSPS) is 15.8. The largest absolute Gasteiger partial charge is 0.337 e. The first kappa shape index (κ1) is 12.4. The SMILES string of the molecule is Cc1ccc(-c2nc(N3CCNCC3)n[nH]2)c(Cl)c1. The predicted molar refractivity (Wildman–Crippen MR) is 76.6 cm³/mol. The molecule has 1 aliphatic rings. The fraction of sp³-hybridized carbons (Fsp3) is 0.385. The van der Waals surface area contributed by atoms with Gasteiger partial charge in [0.15, 0.2) is 5.82 Å². The van der Waals surface area contributed by atoms with E-state index in [1.807, 2.05) is 25.1 Å². The lowest BCUT2D eigenvalue weighted by Gasteiger charge is -2.25. The zero-order chi connectivity index (χ0) is 13.2. The van der Waals surface area contributed by atoms with Gasteiger partial charge in [0, 0.05) is 31.7 Å². The number of aromatic nitrogens is 3. The van der Waals surface area contributed by atoms with Crippen LogP contribution in [0.2, 0.25) is 5.02 Å². The fourth-order valence-corrected chi connectivity index (χ4v) is 2.52. The van der Waals surface area contributed by atoms with Crippen molar-refractivity contribution in [2.45, 2.75) is 6.92 Å². The van der Waals surface area contributed by atoms with Crippen molar-refractivity contribution in [2.75, 3.05) is 31.1 Å². The Kier molecular flexibility index (Phi) is 3.40. The molecule has 6 heteroatoms. The summed E-state index contributed by atoms with van der Waals surface area (Å²) in [4.78, 5) is 6.71. The molecule has 1 aromatic carbocycles. The highest BCUT2D eigenvalue weighted by Crippen LogP contribution is 2.27. The fourth-order valence-electron chi connectivity index (χ4n) is 2.19. The molecule has 0 amide bonds. The van der Waals surface area contributed by atoms with Gasteiger partial charge in [-0.3, -0.25) is 5.10 Å². The minimum atomic E-state index is 0.697. The molecule has 0 spiro atoms. The van der Waals surface area contributed by atoms with Crippen LogP contribution in [0.4, 0.5) is 5.95 Å². The third-order valence-electron chi connectivity index (χ3n) is 3.25. The number of aryl methyl sites for hydroxylation is 1. The van der Waals surface area contributed by atoms with Crippen LogP contribution >= 0.6 is 11.6 Å². The number of benzene rings is 1. The van der Waals surface area contributed by atoms with E-state index < -0.39 is 0 Å². The molecule has 19 heavy (non-hydrogen) atoms. The number of piperazine rings is 1. The summed E-state index contributed by atoms with van der Waals surface area (Å²) < 4.78 is 0. The molecule has 1 fully saturated rings. The smallest absolute Gasteiger partial charge is 0.245 e. The lowest BCUT2D eigenvalue weighted by Crippen LogP contribution is -2.44. The highest BCUT2D eigenvalue weighted by molar-refractivity contribution is 6.33. The Hall–Kier alpha value is -1.59. The molecule has 2 N–H and O–H groups in total. The number of nitrogens with one attached hydrogen (secondary N) is 2. The quantitative estimate of drug-likeness (QED) is 0.880. The molecule has 0 aliphatic carbocycles. The highest BCUT2D eigenvalue weighted by Gasteiger charge is 2.16. The lowest BCUT2D eigenvalue weighted by molar-refractivity contribution is 0.580. The van der Waals surface area contributed by atoms with Gasteiger partial charge in [0.05, 0.1) is 5.02 Å². The summed E-state index contributed by atoms with van der Waals surface area (Å²) in [5.41, 5.74) is 2.02. The summed E-state index contributed by atoms with van der Waals surface area (Å²) in [5.74, 6) is 1.46. The van der Waals surface area contributed by atoms with E-state index in [1.54, 1.807) is 0 Å².